The molecule has 1 aliphatic heterocycles. The summed E-state index contributed by atoms with van der Waals surface area (Å²) in [5, 5.41) is 6.59. The number of rotatable bonds is 4. The highest BCUT2D eigenvalue weighted by molar-refractivity contribution is 6.30. The fourth-order valence-electron chi connectivity index (χ4n) is 2.39. The molecule has 0 bridgehead atoms. The molecular weight excluding hydrogens is 312 g/mol. The fraction of sp³-hybridized carbons (Fsp3) is 0.167. The predicted molar refractivity (Wildman–Crippen MR) is 92.8 cm³/mol. The van der Waals surface area contributed by atoms with Crippen molar-refractivity contribution in [3.05, 3.63) is 64.2 Å². The number of fused-ring (bicyclic) bond motifs is 1. The topological polar surface area (TPSA) is 50.4 Å². The van der Waals surface area contributed by atoms with Crippen molar-refractivity contribution < 1.29 is 9.53 Å². The summed E-state index contributed by atoms with van der Waals surface area (Å²) >= 11 is 5.93. The largest absolute Gasteiger partial charge is 0.488 e. The molecule has 0 radical (unpaired) electrons. The van der Waals surface area contributed by atoms with E-state index in [0.717, 1.165) is 23.4 Å². The first-order chi connectivity index (χ1) is 11.2. The highest BCUT2D eigenvalue weighted by Crippen LogP contribution is 2.29. The standard InChI is InChI=1S/C18H17ClN2O2/c1-20-10-12-2-6-16(7-3-12)21-18(22)14-8-13-4-5-15(19)9-17(13)23-11-14/h2-9,20H,10-11H2,1H3,(H,21,22). The van der Waals surface area contributed by atoms with Crippen molar-refractivity contribution >= 4 is 29.3 Å². The third kappa shape index (κ3) is 3.73. The van der Waals surface area contributed by atoms with Gasteiger partial charge in [-0.15, -0.1) is 0 Å². The number of hydrogen-bond acceptors (Lipinski definition) is 3. The zero-order chi connectivity index (χ0) is 16.2. The quantitative estimate of drug-likeness (QED) is 0.903. The van der Waals surface area contributed by atoms with Crippen LogP contribution in [0.1, 0.15) is 11.1 Å². The lowest BCUT2D eigenvalue weighted by Crippen LogP contribution is -2.21. The molecule has 0 spiro atoms. The fourth-order valence-corrected chi connectivity index (χ4v) is 2.55. The summed E-state index contributed by atoms with van der Waals surface area (Å²) in [5.41, 5.74) is 3.36. The van der Waals surface area contributed by atoms with Gasteiger partial charge in [-0.2, -0.15) is 0 Å². The second kappa shape index (κ2) is 6.86. The Hall–Kier alpha value is -2.30. The smallest absolute Gasteiger partial charge is 0.255 e. The van der Waals surface area contributed by atoms with E-state index >= 15 is 0 Å². The van der Waals surface area contributed by atoms with Crippen molar-refractivity contribution in [1.82, 2.24) is 5.32 Å². The molecule has 0 aliphatic carbocycles. The molecule has 2 N–H and O–H groups in total. The first kappa shape index (κ1) is 15.6. The Morgan fingerprint density at radius 3 is 2.74 bits per heavy atom. The van der Waals surface area contributed by atoms with E-state index in [-0.39, 0.29) is 12.5 Å². The van der Waals surface area contributed by atoms with Gasteiger partial charge in [0.25, 0.3) is 5.91 Å². The lowest BCUT2D eigenvalue weighted by atomic mass is 10.1. The normalized spacial score (nSPS) is 12.9. The van der Waals surface area contributed by atoms with Crippen LogP contribution in [0.25, 0.3) is 6.08 Å². The number of nitrogens with one attached hydrogen (secondary N) is 2. The van der Waals surface area contributed by atoms with Gasteiger partial charge in [0.1, 0.15) is 12.4 Å². The van der Waals surface area contributed by atoms with Crippen molar-refractivity contribution in [3.8, 4) is 5.75 Å². The molecule has 2 aromatic carbocycles. The predicted octanol–water partition coefficient (Wildman–Crippen LogP) is 3.47. The molecule has 0 fully saturated rings. The summed E-state index contributed by atoms with van der Waals surface area (Å²) in [7, 11) is 1.90. The minimum atomic E-state index is -0.160. The Bertz CT molecular complexity index is 754. The molecule has 2 aromatic rings. The van der Waals surface area contributed by atoms with Gasteiger partial charge >= 0.3 is 0 Å². The number of halogens is 1. The van der Waals surface area contributed by atoms with Gasteiger partial charge in [0.05, 0.1) is 5.57 Å². The van der Waals surface area contributed by atoms with Crippen LogP contribution in [-0.2, 0) is 11.3 Å². The molecule has 0 saturated carbocycles. The van der Waals surface area contributed by atoms with E-state index in [9.17, 15) is 4.79 Å². The molecule has 1 heterocycles. The number of anilines is 1. The molecule has 118 valence electrons. The van der Waals surface area contributed by atoms with Gasteiger partial charge < -0.3 is 15.4 Å². The molecule has 4 nitrogen and oxygen atoms in total. The monoisotopic (exact) mass is 328 g/mol. The van der Waals surface area contributed by atoms with Crippen LogP contribution in [0.4, 0.5) is 5.69 Å². The Balaban J connectivity index is 1.72. The Labute approximate surface area is 140 Å². The van der Waals surface area contributed by atoms with Crippen molar-refractivity contribution in [3.63, 3.8) is 0 Å². The summed E-state index contributed by atoms with van der Waals surface area (Å²) in [6, 6.07) is 13.1. The number of carbonyl (C=O) groups is 1. The van der Waals surface area contributed by atoms with Gasteiger partial charge in [0, 0.05) is 22.8 Å². The van der Waals surface area contributed by atoms with Gasteiger partial charge in [-0.1, -0.05) is 23.7 Å². The molecule has 0 unspecified atom stereocenters. The zero-order valence-electron chi connectivity index (χ0n) is 12.7. The summed E-state index contributed by atoms with van der Waals surface area (Å²) in [6.45, 7) is 1.03. The van der Waals surface area contributed by atoms with Crippen molar-refractivity contribution in [2.75, 3.05) is 19.0 Å². The Kier molecular flexibility index (Phi) is 4.65. The second-order valence-corrected chi connectivity index (χ2v) is 5.76. The minimum Gasteiger partial charge on any atom is -0.488 e. The van der Waals surface area contributed by atoms with E-state index < -0.39 is 0 Å². The maximum Gasteiger partial charge on any atom is 0.255 e. The van der Waals surface area contributed by atoms with E-state index in [1.54, 1.807) is 12.1 Å². The van der Waals surface area contributed by atoms with Gasteiger partial charge in [-0.05, 0) is 49.0 Å². The number of amides is 1. The van der Waals surface area contributed by atoms with E-state index in [0.29, 0.717) is 16.3 Å². The van der Waals surface area contributed by atoms with Crippen LogP contribution in [-0.4, -0.2) is 19.6 Å². The molecule has 3 rings (SSSR count). The molecule has 0 atom stereocenters. The Morgan fingerprint density at radius 2 is 2.00 bits per heavy atom. The number of benzene rings is 2. The van der Waals surface area contributed by atoms with Gasteiger partial charge in [-0.3, -0.25) is 4.79 Å². The second-order valence-electron chi connectivity index (χ2n) is 5.32. The number of carbonyl (C=O) groups excluding carboxylic acids is 1. The zero-order valence-corrected chi connectivity index (χ0v) is 13.5. The maximum atomic E-state index is 12.4. The SMILES string of the molecule is CNCc1ccc(NC(=O)C2=Cc3ccc(Cl)cc3OC2)cc1. The molecule has 5 heteroatoms. The Morgan fingerprint density at radius 1 is 1.22 bits per heavy atom. The molecule has 0 aromatic heterocycles. The van der Waals surface area contributed by atoms with E-state index in [2.05, 4.69) is 10.6 Å². The highest BCUT2D eigenvalue weighted by Gasteiger charge is 2.17. The van der Waals surface area contributed by atoms with Crippen molar-refractivity contribution in [2.45, 2.75) is 6.54 Å². The highest BCUT2D eigenvalue weighted by atomic mass is 35.5. The van der Waals surface area contributed by atoms with Crippen LogP contribution >= 0.6 is 11.6 Å². The average Bonchev–Trinajstić information content (AvgIpc) is 2.56. The van der Waals surface area contributed by atoms with Crippen LogP contribution in [0, 0.1) is 0 Å². The van der Waals surface area contributed by atoms with E-state index in [4.69, 9.17) is 16.3 Å². The molecule has 23 heavy (non-hydrogen) atoms. The average molecular weight is 329 g/mol. The number of ether oxygens (including phenoxy) is 1. The summed E-state index contributed by atoms with van der Waals surface area (Å²) in [5.74, 6) is 0.539. The summed E-state index contributed by atoms with van der Waals surface area (Å²) in [6.07, 6.45) is 1.83. The molecular formula is C18H17ClN2O2. The molecule has 1 aliphatic rings. The van der Waals surface area contributed by atoms with Crippen LogP contribution in [0.2, 0.25) is 5.02 Å². The first-order valence-electron chi connectivity index (χ1n) is 7.33. The van der Waals surface area contributed by atoms with Gasteiger partial charge in [0.2, 0.25) is 0 Å². The van der Waals surface area contributed by atoms with E-state index in [1.165, 1.54) is 0 Å². The van der Waals surface area contributed by atoms with Crippen LogP contribution in [0.15, 0.2) is 48.0 Å². The van der Waals surface area contributed by atoms with E-state index in [1.807, 2.05) is 43.5 Å². The lowest BCUT2D eigenvalue weighted by Gasteiger charge is -2.18. The molecule has 1 amide bonds. The van der Waals surface area contributed by atoms with Crippen LogP contribution in [0.3, 0.4) is 0 Å². The summed E-state index contributed by atoms with van der Waals surface area (Å²) < 4.78 is 5.60. The van der Waals surface area contributed by atoms with Crippen molar-refractivity contribution in [2.24, 2.45) is 0 Å². The third-order valence-electron chi connectivity index (χ3n) is 3.57. The number of hydrogen-bond donors (Lipinski definition) is 2. The first-order valence-corrected chi connectivity index (χ1v) is 7.71. The van der Waals surface area contributed by atoms with Gasteiger partial charge in [-0.25, -0.2) is 0 Å². The van der Waals surface area contributed by atoms with Crippen LogP contribution < -0.4 is 15.4 Å². The third-order valence-corrected chi connectivity index (χ3v) is 3.81. The molecule has 0 saturated heterocycles. The van der Waals surface area contributed by atoms with Crippen LogP contribution in [0.5, 0.6) is 5.75 Å². The minimum absolute atomic E-state index is 0.160. The summed E-state index contributed by atoms with van der Waals surface area (Å²) in [4.78, 5) is 12.4. The maximum absolute atomic E-state index is 12.4. The van der Waals surface area contributed by atoms with Crippen molar-refractivity contribution in [1.29, 1.82) is 0 Å². The lowest BCUT2D eigenvalue weighted by molar-refractivity contribution is -0.113. The van der Waals surface area contributed by atoms with Gasteiger partial charge in [0.15, 0.2) is 0 Å².